The third-order valence-electron chi connectivity index (χ3n) is 2.76. The zero-order chi connectivity index (χ0) is 13.7. The van der Waals surface area contributed by atoms with E-state index < -0.39 is 0 Å². The van der Waals surface area contributed by atoms with Gasteiger partial charge in [0, 0.05) is 6.04 Å². The smallest absolute Gasteiger partial charge is 0.147 e. The molecule has 0 aromatic carbocycles. The molecule has 1 atom stereocenters. The van der Waals surface area contributed by atoms with Crippen molar-refractivity contribution in [3.63, 3.8) is 0 Å². The number of pyridine rings is 1. The average Bonchev–Trinajstić information content (AvgIpc) is 2.25. The van der Waals surface area contributed by atoms with Gasteiger partial charge in [0.15, 0.2) is 0 Å². The molecule has 0 aliphatic heterocycles. The molecule has 0 amide bonds. The Morgan fingerprint density at radius 2 is 1.89 bits per heavy atom. The number of nitrogens with two attached hydrogens (primary N) is 1. The second-order valence-electron chi connectivity index (χ2n) is 5.06. The van der Waals surface area contributed by atoms with Gasteiger partial charge in [-0.15, -0.1) is 0 Å². The standard InChI is InChI=1S/C13H21Cl2N3/c1-8(2)5-4-6-9(3)17-13-11(15)7-10(14)12(16)18-13/h7-9H,4-6H2,1-3H3,(H3,16,17,18). The molecule has 3 N–H and O–H groups in total. The van der Waals surface area contributed by atoms with Gasteiger partial charge in [0.1, 0.15) is 11.6 Å². The molecule has 1 aromatic heterocycles. The topological polar surface area (TPSA) is 50.9 Å². The molecule has 1 unspecified atom stereocenters. The Balaban J connectivity index is 2.54. The molecule has 0 saturated carbocycles. The van der Waals surface area contributed by atoms with Crippen LogP contribution in [0.5, 0.6) is 0 Å². The fourth-order valence-electron chi connectivity index (χ4n) is 1.72. The van der Waals surface area contributed by atoms with E-state index in [2.05, 4.69) is 31.1 Å². The van der Waals surface area contributed by atoms with E-state index in [1.165, 1.54) is 12.8 Å². The Morgan fingerprint density at radius 1 is 1.22 bits per heavy atom. The van der Waals surface area contributed by atoms with E-state index >= 15 is 0 Å². The normalized spacial score (nSPS) is 12.8. The average molecular weight is 290 g/mol. The van der Waals surface area contributed by atoms with E-state index in [-0.39, 0.29) is 0 Å². The van der Waals surface area contributed by atoms with Gasteiger partial charge < -0.3 is 11.1 Å². The highest BCUT2D eigenvalue weighted by Crippen LogP contribution is 2.28. The molecule has 3 nitrogen and oxygen atoms in total. The Kier molecular flexibility index (Phi) is 6.03. The maximum atomic E-state index is 6.07. The van der Waals surface area contributed by atoms with Gasteiger partial charge >= 0.3 is 0 Å². The highest BCUT2D eigenvalue weighted by molar-refractivity contribution is 6.37. The molecule has 0 spiro atoms. The molecule has 0 aliphatic rings. The molecule has 1 heterocycles. The Morgan fingerprint density at radius 3 is 2.50 bits per heavy atom. The summed E-state index contributed by atoms with van der Waals surface area (Å²) in [6.07, 6.45) is 3.50. The molecule has 0 radical (unpaired) electrons. The van der Waals surface area contributed by atoms with Gasteiger partial charge in [-0.1, -0.05) is 49.9 Å². The van der Waals surface area contributed by atoms with Gasteiger partial charge in [0.05, 0.1) is 10.0 Å². The number of hydrogen-bond donors (Lipinski definition) is 2. The van der Waals surface area contributed by atoms with Crippen LogP contribution in [0.2, 0.25) is 10.0 Å². The summed E-state index contributed by atoms with van der Waals surface area (Å²) in [6.45, 7) is 6.58. The van der Waals surface area contributed by atoms with Crippen molar-refractivity contribution in [2.24, 2.45) is 5.92 Å². The van der Waals surface area contributed by atoms with E-state index in [1.54, 1.807) is 6.07 Å². The molecular formula is C13H21Cl2N3. The molecular weight excluding hydrogens is 269 g/mol. The van der Waals surface area contributed by atoms with Gasteiger partial charge in [-0.3, -0.25) is 0 Å². The molecule has 0 aliphatic carbocycles. The molecule has 0 bridgehead atoms. The van der Waals surface area contributed by atoms with E-state index in [9.17, 15) is 0 Å². The van der Waals surface area contributed by atoms with Crippen molar-refractivity contribution in [1.82, 2.24) is 4.98 Å². The minimum Gasteiger partial charge on any atom is -0.382 e. The number of nitrogens with one attached hydrogen (secondary N) is 1. The lowest BCUT2D eigenvalue weighted by Crippen LogP contribution is -2.17. The summed E-state index contributed by atoms with van der Waals surface area (Å²) in [5.74, 6) is 1.65. The van der Waals surface area contributed by atoms with Gasteiger partial charge in [-0.25, -0.2) is 4.98 Å². The van der Waals surface area contributed by atoms with Crippen LogP contribution in [-0.4, -0.2) is 11.0 Å². The van der Waals surface area contributed by atoms with Crippen LogP contribution < -0.4 is 11.1 Å². The Labute approximate surface area is 119 Å². The van der Waals surface area contributed by atoms with Crippen LogP contribution in [0.3, 0.4) is 0 Å². The van der Waals surface area contributed by atoms with Gasteiger partial charge in [-0.05, 0) is 25.3 Å². The number of halogens is 2. The second-order valence-corrected chi connectivity index (χ2v) is 5.87. The van der Waals surface area contributed by atoms with Crippen molar-refractivity contribution >= 4 is 34.8 Å². The van der Waals surface area contributed by atoms with Crippen molar-refractivity contribution in [3.8, 4) is 0 Å². The fraction of sp³-hybridized carbons (Fsp3) is 0.615. The summed E-state index contributed by atoms with van der Waals surface area (Å²) in [6, 6.07) is 1.93. The number of anilines is 2. The predicted molar refractivity (Wildman–Crippen MR) is 80.4 cm³/mol. The van der Waals surface area contributed by atoms with Crippen molar-refractivity contribution < 1.29 is 0 Å². The summed E-state index contributed by atoms with van der Waals surface area (Å²) in [7, 11) is 0. The van der Waals surface area contributed by atoms with Crippen molar-refractivity contribution in [3.05, 3.63) is 16.1 Å². The van der Waals surface area contributed by atoms with E-state index in [1.807, 2.05) is 0 Å². The predicted octanol–water partition coefficient (Wildman–Crippen LogP) is 4.60. The minimum absolute atomic E-state index is 0.304. The van der Waals surface area contributed by atoms with Crippen molar-refractivity contribution in [2.75, 3.05) is 11.1 Å². The summed E-state index contributed by atoms with van der Waals surface area (Å²) >= 11 is 11.9. The minimum atomic E-state index is 0.304. The van der Waals surface area contributed by atoms with Gasteiger partial charge in [0.25, 0.3) is 0 Å². The van der Waals surface area contributed by atoms with Crippen LogP contribution in [0.15, 0.2) is 6.07 Å². The summed E-state index contributed by atoms with van der Waals surface area (Å²) in [4.78, 5) is 4.16. The van der Waals surface area contributed by atoms with Crippen LogP contribution in [0, 0.1) is 5.92 Å². The quantitative estimate of drug-likeness (QED) is 0.805. The van der Waals surface area contributed by atoms with Crippen molar-refractivity contribution in [2.45, 2.75) is 46.1 Å². The lowest BCUT2D eigenvalue weighted by atomic mass is 10.0. The third-order valence-corrected chi connectivity index (χ3v) is 3.35. The summed E-state index contributed by atoms with van der Waals surface area (Å²) < 4.78 is 0. The molecule has 0 saturated heterocycles. The van der Waals surface area contributed by atoms with Gasteiger partial charge in [0.2, 0.25) is 0 Å². The number of nitrogen functional groups attached to an aromatic ring is 1. The largest absolute Gasteiger partial charge is 0.382 e. The molecule has 5 heteroatoms. The zero-order valence-corrected chi connectivity index (χ0v) is 12.6. The maximum absolute atomic E-state index is 6.07. The number of aromatic nitrogens is 1. The molecule has 0 fully saturated rings. The lowest BCUT2D eigenvalue weighted by Gasteiger charge is -2.16. The zero-order valence-electron chi connectivity index (χ0n) is 11.1. The van der Waals surface area contributed by atoms with Crippen LogP contribution in [0.25, 0.3) is 0 Å². The van der Waals surface area contributed by atoms with Crippen LogP contribution in [-0.2, 0) is 0 Å². The first-order chi connectivity index (χ1) is 8.40. The number of rotatable bonds is 6. The van der Waals surface area contributed by atoms with Crippen LogP contribution in [0.1, 0.15) is 40.0 Å². The first kappa shape index (κ1) is 15.4. The van der Waals surface area contributed by atoms with E-state index in [0.717, 1.165) is 12.3 Å². The highest BCUT2D eigenvalue weighted by Gasteiger charge is 2.10. The lowest BCUT2D eigenvalue weighted by molar-refractivity contribution is 0.520. The monoisotopic (exact) mass is 289 g/mol. The second kappa shape index (κ2) is 7.05. The molecule has 1 aromatic rings. The van der Waals surface area contributed by atoms with E-state index in [0.29, 0.717) is 27.7 Å². The SMILES string of the molecule is CC(C)CCCC(C)Nc1nc(N)c(Cl)cc1Cl. The maximum Gasteiger partial charge on any atom is 0.147 e. The fourth-order valence-corrected chi connectivity index (χ4v) is 2.13. The first-order valence-corrected chi connectivity index (χ1v) is 7.03. The Hall–Kier alpha value is -0.670. The summed E-state index contributed by atoms with van der Waals surface area (Å²) in [5, 5.41) is 4.16. The van der Waals surface area contributed by atoms with Crippen LogP contribution >= 0.6 is 23.2 Å². The van der Waals surface area contributed by atoms with E-state index in [4.69, 9.17) is 28.9 Å². The van der Waals surface area contributed by atoms with Crippen molar-refractivity contribution in [1.29, 1.82) is 0 Å². The molecule has 18 heavy (non-hydrogen) atoms. The summed E-state index contributed by atoms with van der Waals surface area (Å²) in [5.41, 5.74) is 5.66. The third kappa shape index (κ3) is 4.91. The van der Waals surface area contributed by atoms with Gasteiger partial charge in [-0.2, -0.15) is 0 Å². The first-order valence-electron chi connectivity index (χ1n) is 6.28. The number of nitrogens with zero attached hydrogens (tertiary/aromatic N) is 1. The molecule has 1 rings (SSSR count). The molecule has 102 valence electrons. The Bertz CT molecular complexity index is 394. The number of hydrogen-bond acceptors (Lipinski definition) is 3. The highest BCUT2D eigenvalue weighted by atomic mass is 35.5. The van der Waals surface area contributed by atoms with Crippen LogP contribution in [0.4, 0.5) is 11.6 Å².